The van der Waals surface area contributed by atoms with Crippen LogP contribution in [0, 0.1) is 0 Å². The molecule has 2 unspecified atom stereocenters. The van der Waals surface area contributed by atoms with Gasteiger partial charge in [-0.15, -0.1) is 0 Å². The number of morpholine rings is 1. The Morgan fingerprint density at radius 2 is 2.12 bits per heavy atom. The third-order valence-corrected chi connectivity index (χ3v) is 4.29. The molecule has 0 aromatic carbocycles. The number of ether oxygens (including phenoxy) is 2. The highest BCUT2D eigenvalue weighted by atomic mass is 16.5. The van der Waals surface area contributed by atoms with Crippen LogP contribution in [0.25, 0.3) is 0 Å². The van der Waals surface area contributed by atoms with Gasteiger partial charge in [-0.25, -0.2) is 4.79 Å². The third-order valence-electron chi connectivity index (χ3n) is 4.29. The minimum Gasteiger partial charge on any atom is -0.454 e. The largest absolute Gasteiger partial charge is 0.454 e. The Kier molecular flexibility index (Phi) is 5.43. The maximum atomic E-state index is 12.2. The fourth-order valence-corrected chi connectivity index (χ4v) is 2.58. The van der Waals surface area contributed by atoms with Crippen molar-refractivity contribution in [3.05, 3.63) is 0 Å². The van der Waals surface area contributed by atoms with Crippen LogP contribution in [-0.2, 0) is 23.9 Å². The molecule has 0 aromatic rings. The molecule has 2 heterocycles. The molecule has 0 radical (unpaired) electrons. The minimum absolute atomic E-state index is 0.0592. The van der Waals surface area contributed by atoms with Crippen LogP contribution >= 0.6 is 0 Å². The summed E-state index contributed by atoms with van der Waals surface area (Å²) in [5.41, 5.74) is -1.00. The number of hydrogen-bond acceptors (Lipinski definition) is 6. The van der Waals surface area contributed by atoms with E-state index in [-0.39, 0.29) is 12.0 Å². The molecule has 0 aliphatic carbocycles. The molecule has 2 aliphatic heterocycles. The van der Waals surface area contributed by atoms with E-state index in [0.29, 0.717) is 26.1 Å². The summed E-state index contributed by atoms with van der Waals surface area (Å²) in [6.45, 7) is 5.63. The molecular weight excluding hydrogens is 318 g/mol. The fraction of sp³-hybridized carbons (Fsp3) is 0.733. The lowest BCUT2D eigenvalue weighted by atomic mass is 9.99. The van der Waals surface area contributed by atoms with Gasteiger partial charge in [0.1, 0.15) is 12.1 Å². The van der Waals surface area contributed by atoms with Crippen LogP contribution in [0.5, 0.6) is 0 Å². The molecular formula is C15H23N3O6. The monoisotopic (exact) mass is 341 g/mol. The van der Waals surface area contributed by atoms with Crippen molar-refractivity contribution in [2.45, 2.75) is 38.8 Å². The van der Waals surface area contributed by atoms with E-state index in [2.05, 4.69) is 5.32 Å². The maximum Gasteiger partial charge on any atom is 0.326 e. The maximum absolute atomic E-state index is 12.2. The summed E-state index contributed by atoms with van der Waals surface area (Å²) < 4.78 is 10.2. The molecule has 0 bridgehead atoms. The first kappa shape index (κ1) is 18.2. The summed E-state index contributed by atoms with van der Waals surface area (Å²) in [6, 6.07) is -0.630. The summed E-state index contributed by atoms with van der Waals surface area (Å²) in [7, 11) is 0. The molecule has 2 atom stereocenters. The Bertz CT molecular complexity index is 551. The zero-order valence-corrected chi connectivity index (χ0v) is 14.2. The highest BCUT2D eigenvalue weighted by molar-refractivity contribution is 6.08. The number of amides is 4. The molecule has 134 valence electrons. The number of hydrogen-bond donors (Lipinski definition) is 1. The van der Waals surface area contributed by atoms with Crippen molar-refractivity contribution < 1.29 is 28.7 Å². The van der Waals surface area contributed by atoms with Gasteiger partial charge in [0.15, 0.2) is 6.61 Å². The Morgan fingerprint density at radius 3 is 2.71 bits per heavy atom. The van der Waals surface area contributed by atoms with Gasteiger partial charge in [0.25, 0.3) is 11.8 Å². The van der Waals surface area contributed by atoms with Gasteiger partial charge in [0.2, 0.25) is 0 Å². The highest BCUT2D eigenvalue weighted by Crippen LogP contribution is 2.20. The van der Waals surface area contributed by atoms with Gasteiger partial charge in [-0.05, 0) is 20.3 Å². The van der Waals surface area contributed by atoms with Crippen LogP contribution in [0.4, 0.5) is 4.79 Å². The van der Waals surface area contributed by atoms with E-state index in [1.54, 1.807) is 18.7 Å². The van der Waals surface area contributed by atoms with E-state index >= 15 is 0 Å². The van der Waals surface area contributed by atoms with Gasteiger partial charge < -0.3 is 19.7 Å². The fourth-order valence-electron chi connectivity index (χ4n) is 2.58. The number of nitrogens with one attached hydrogen (secondary N) is 1. The Balaban J connectivity index is 1.82. The van der Waals surface area contributed by atoms with Crippen molar-refractivity contribution in [2.24, 2.45) is 0 Å². The summed E-state index contributed by atoms with van der Waals surface area (Å²) in [4.78, 5) is 50.2. The third kappa shape index (κ3) is 3.84. The van der Waals surface area contributed by atoms with Crippen molar-refractivity contribution >= 4 is 23.8 Å². The molecule has 4 amide bonds. The summed E-state index contributed by atoms with van der Waals surface area (Å²) >= 11 is 0. The number of nitrogens with zero attached hydrogens (tertiary/aromatic N) is 2. The number of esters is 1. The molecule has 24 heavy (non-hydrogen) atoms. The SMILES string of the molecule is CCC1(C)NC(=O)N(CC(=O)OCC(=O)N2CCOC(C)C2)C1=O. The van der Waals surface area contributed by atoms with E-state index in [9.17, 15) is 19.2 Å². The predicted octanol–water partition coefficient (Wildman–Crippen LogP) is -0.503. The van der Waals surface area contributed by atoms with Crippen LogP contribution in [-0.4, -0.2) is 78.1 Å². The van der Waals surface area contributed by atoms with Gasteiger partial charge >= 0.3 is 12.0 Å². The standard InChI is InChI=1S/C15H23N3O6/c1-4-15(3)13(21)18(14(22)16-15)8-12(20)24-9-11(19)17-5-6-23-10(2)7-17/h10H,4-9H2,1-3H3,(H,16,22). The molecule has 1 N–H and O–H groups in total. The number of urea groups is 1. The smallest absolute Gasteiger partial charge is 0.326 e. The van der Waals surface area contributed by atoms with E-state index in [0.717, 1.165) is 4.90 Å². The van der Waals surface area contributed by atoms with E-state index in [4.69, 9.17) is 9.47 Å². The van der Waals surface area contributed by atoms with Crippen LogP contribution in [0.1, 0.15) is 27.2 Å². The number of carbonyl (C=O) groups excluding carboxylic acids is 4. The van der Waals surface area contributed by atoms with Crippen LogP contribution in [0.3, 0.4) is 0 Å². The molecule has 0 spiro atoms. The molecule has 0 aromatic heterocycles. The van der Waals surface area contributed by atoms with E-state index < -0.39 is 36.6 Å². The Hall–Kier alpha value is -2.16. The molecule has 2 saturated heterocycles. The second-order valence-corrected chi connectivity index (χ2v) is 6.19. The van der Waals surface area contributed by atoms with Crippen LogP contribution in [0.2, 0.25) is 0 Å². The lowest BCUT2D eigenvalue weighted by Crippen LogP contribution is -2.46. The second kappa shape index (κ2) is 7.16. The summed E-state index contributed by atoms with van der Waals surface area (Å²) in [6.07, 6.45) is 0.354. The second-order valence-electron chi connectivity index (χ2n) is 6.19. The first-order valence-electron chi connectivity index (χ1n) is 7.96. The van der Waals surface area contributed by atoms with Crippen molar-refractivity contribution in [1.29, 1.82) is 0 Å². The average molecular weight is 341 g/mol. The Labute approximate surface area is 140 Å². The first-order valence-corrected chi connectivity index (χ1v) is 7.96. The van der Waals surface area contributed by atoms with Gasteiger partial charge in [-0.3, -0.25) is 19.3 Å². The first-order chi connectivity index (χ1) is 11.3. The summed E-state index contributed by atoms with van der Waals surface area (Å²) in [5, 5.41) is 2.55. The highest BCUT2D eigenvalue weighted by Gasteiger charge is 2.47. The van der Waals surface area contributed by atoms with Crippen LogP contribution < -0.4 is 5.32 Å². The van der Waals surface area contributed by atoms with Gasteiger partial charge in [-0.1, -0.05) is 6.92 Å². The molecule has 2 fully saturated rings. The number of imide groups is 1. The van der Waals surface area contributed by atoms with E-state index in [1.807, 2.05) is 6.92 Å². The van der Waals surface area contributed by atoms with Gasteiger partial charge in [-0.2, -0.15) is 0 Å². The van der Waals surface area contributed by atoms with Crippen molar-refractivity contribution in [1.82, 2.24) is 15.1 Å². The summed E-state index contributed by atoms with van der Waals surface area (Å²) in [5.74, 6) is -1.59. The van der Waals surface area contributed by atoms with Crippen molar-refractivity contribution in [3.8, 4) is 0 Å². The van der Waals surface area contributed by atoms with Gasteiger partial charge in [0.05, 0.1) is 12.7 Å². The lowest BCUT2D eigenvalue weighted by molar-refractivity contribution is -0.156. The molecule has 9 nitrogen and oxygen atoms in total. The molecule has 2 aliphatic rings. The van der Waals surface area contributed by atoms with Crippen molar-refractivity contribution in [2.75, 3.05) is 32.8 Å². The topological polar surface area (TPSA) is 105 Å². The number of rotatable bonds is 5. The zero-order chi connectivity index (χ0) is 17.9. The number of carbonyl (C=O) groups is 4. The van der Waals surface area contributed by atoms with Crippen LogP contribution in [0.15, 0.2) is 0 Å². The quantitative estimate of drug-likeness (QED) is 0.534. The Morgan fingerprint density at radius 1 is 1.42 bits per heavy atom. The average Bonchev–Trinajstić information content (AvgIpc) is 2.76. The molecule has 2 rings (SSSR count). The zero-order valence-electron chi connectivity index (χ0n) is 14.2. The predicted molar refractivity (Wildman–Crippen MR) is 81.9 cm³/mol. The van der Waals surface area contributed by atoms with E-state index in [1.165, 1.54) is 0 Å². The van der Waals surface area contributed by atoms with Gasteiger partial charge in [0, 0.05) is 13.1 Å². The lowest BCUT2D eigenvalue weighted by Gasteiger charge is -2.31. The molecule has 9 heteroatoms. The van der Waals surface area contributed by atoms with Crippen molar-refractivity contribution in [3.63, 3.8) is 0 Å². The minimum atomic E-state index is -1.00. The normalized spacial score (nSPS) is 27.2. The molecule has 0 saturated carbocycles.